The van der Waals surface area contributed by atoms with Crippen LogP contribution in [0.3, 0.4) is 0 Å². The molecule has 18 heavy (non-hydrogen) atoms. The molecule has 0 fully saturated rings. The summed E-state index contributed by atoms with van der Waals surface area (Å²) in [6.45, 7) is 3.15. The van der Waals surface area contributed by atoms with Gasteiger partial charge in [0, 0.05) is 13.1 Å². The Morgan fingerprint density at radius 1 is 0.944 bits per heavy atom. The zero-order valence-corrected chi connectivity index (χ0v) is 11.0. The summed E-state index contributed by atoms with van der Waals surface area (Å²) < 4.78 is 85.9. The van der Waals surface area contributed by atoms with Crippen LogP contribution in [-0.4, -0.2) is 39.7 Å². The molecule has 0 rings (SSSR count). The molecule has 0 saturated carbocycles. The molecule has 0 N–H and O–H groups in total. The van der Waals surface area contributed by atoms with Gasteiger partial charge in [0.05, 0.1) is 0 Å². The predicted molar refractivity (Wildman–Crippen MR) is 59.1 cm³/mol. The molecule has 0 amide bonds. The van der Waals surface area contributed by atoms with E-state index in [0.717, 1.165) is 4.90 Å². The number of thiocarbonyl (C=S) groups is 1. The number of halogens is 7. The minimum Gasteiger partial charge on any atom is -0.358 e. The molecule has 0 bridgehead atoms. The van der Waals surface area contributed by atoms with Crippen LogP contribution in [0.2, 0.25) is 0 Å². The lowest BCUT2D eigenvalue weighted by Crippen LogP contribution is -2.52. The molecule has 10 heteroatoms. The summed E-state index contributed by atoms with van der Waals surface area (Å²) in [6, 6.07) is 0. The van der Waals surface area contributed by atoms with Crippen LogP contribution in [0.15, 0.2) is 0 Å². The maximum atomic E-state index is 13.3. The van der Waals surface area contributed by atoms with Crippen LogP contribution in [0.5, 0.6) is 0 Å². The van der Waals surface area contributed by atoms with Crippen LogP contribution in [0.1, 0.15) is 13.8 Å². The smallest absolute Gasteiger partial charge is 0.358 e. The molecule has 0 spiro atoms. The summed E-state index contributed by atoms with van der Waals surface area (Å²) in [4.78, 5) is 1.03. The van der Waals surface area contributed by atoms with E-state index in [9.17, 15) is 30.7 Å². The fourth-order valence-corrected chi connectivity index (χ4v) is 2.41. The third kappa shape index (κ3) is 3.62. The first kappa shape index (κ1) is 17.8. The van der Waals surface area contributed by atoms with Crippen molar-refractivity contribution in [1.82, 2.24) is 4.90 Å². The van der Waals surface area contributed by atoms with Crippen LogP contribution in [0.4, 0.5) is 30.7 Å². The Labute approximate surface area is 109 Å². The zero-order valence-electron chi connectivity index (χ0n) is 9.32. The maximum Gasteiger partial charge on any atom is 0.441 e. The second kappa shape index (κ2) is 5.81. The van der Waals surface area contributed by atoms with E-state index in [1.807, 2.05) is 0 Å². The first-order valence-corrected chi connectivity index (χ1v) is 5.93. The molecular weight excluding hydrogens is 307 g/mol. The van der Waals surface area contributed by atoms with E-state index < -0.39 is 33.4 Å². The average Bonchev–Trinajstić information content (AvgIpc) is 2.15. The largest absolute Gasteiger partial charge is 0.441 e. The van der Waals surface area contributed by atoms with Crippen molar-refractivity contribution in [2.75, 3.05) is 13.1 Å². The quantitative estimate of drug-likeness (QED) is 0.569. The fourth-order valence-electron chi connectivity index (χ4n) is 0.943. The van der Waals surface area contributed by atoms with E-state index in [4.69, 9.17) is 0 Å². The summed E-state index contributed by atoms with van der Waals surface area (Å²) in [7, 11) is 0. The molecular formula is C8H10F7NS2. The van der Waals surface area contributed by atoms with Gasteiger partial charge >= 0.3 is 17.4 Å². The molecule has 0 aromatic heterocycles. The van der Waals surface area contributed by atoms with Gasteiger partial charge < -0.3 is 4.90 Å². The van der Waals surface area contributed by atoms with Crippen molar-refractivity contribution < 1.29 is 30.7 Å². The highest BCUT2D eigenvalue weighted by Crippen LogP contribution is 2.53. The van der Waals surface area contributed by atoms with Crippen LogP contribution >= 0.6 is 24.0 Å². The van der Waals surface area contributed by atoms with Crippen molar-refractivity contribution in [1.29, 1.82) is 0 Å². The van der Waals surface area contributed by atoms with Crippen LogP contribution < -0.4 is 0 Å². The Hall–Kier alpha value is -0.250. The number of alkyl halides is 7. The van der Waals surface area contributed by atoms with Gasteiger partial charge in [0.15, 0.2) is 0 Å². The highest BCUT2D eigenvalue weighted by Gasteiger charge is 2.74. The van der Waals surface area contributed by atoms with E-state index in [1.54, 1.807) is 0 Å². The average molecular weight is 317 g/mol. The molecule has 0 aliphatic rings. The second-order valence-electron chi connectivity index (χ2n) is 3.13. The number of hydrogen-bond donors (Lipinski definition) is 0. The van der Waals surface area contributed by atoms with E-state index in [-0.39, 0.29) is 13.1 Å². The zero-order chi connectivity index (χ0) is 14.8. The standard InChI is InChI=1S/C8H10F7NS2/c1-3-16(4-2)5(17)18-6(9,7(10,11)12)8(13,14)15/h3-4H2,1-2H3. The second-order valence-corrected chi connectivity index (χ2v) is 4.93. The molecule has 0 radical (unpaired) electrons. The van der Waals surface area contributed by atoms with Gasteiger partial charge in [-0.2, -0.15) is 26.3 Å². The van der Waals surface area contributed by atoms with Crippen molar-refractivity contribution in [2.45, 2.75) is 31.2 Å². The van der Waals surface area contributed by atoms with Crippen molar-refractivity contribution in [3.8, 4) is 0 Å². The van der Waals surface area contributed by atoms with Crippen molar-refractivity contribution in [3.63, 3.8) is 0 Å². The molecule has 0 aromatic rings. The highest BCUT2D eigenvalue weighted by atomic mass is 32.2. The maximum absolute atomic E-state index is 13.3. The molecule has 108 valence electrons. The lowest BCUT2D eigenvalue weighted by atomic mass is 10.3. The normalized spacial score (nSPS) is 13.6. The van der Waals surface area contributed by atoms with Crippen LogP contribution in [0.25, 0.3) is 0 Å². The van der Waals surface area contributed by atoms with E-state index in [1.165, 1.54) is 13.8 Å². The van der Waals surface area contributed by atoms with Gasteiger partial charge in [-0.1, -0.05) is 12.2 Å². The van der Waals surface area contributed by atoms with Gasteiger partial charge in [-0.05, 0) is 25.6 Å². The highest BCUT2D eigenvalue weighted by molar-refractivity contribution is 8.23. The summed E-state index contributed by atoms with van der Waals surface area (Å²) in [5, 5.41) is -5.39. The first-order chi connectivity index (χ1) is 7.90. The number of hydrogen-bond acceptors (Lipinski definition) is 2. The van der Waals surface area contributed by atoms with Gasteiger partial charge in [-0.15, -0.1) is 0 Å². The van der Waals surface area contributed by atoms with Crippen molar-refractivity contribution >= 4 is 28.3 Å². The Morgan fingerprint density at radius 3 is 1.50 bits per heavy atom. The molecule has 0 heterocycles. The Kier molecular flexibility index (Phi) is 5.73. The third-order valence-electron chi connectivity index (χ3n) is 1.98. The molecule has 0 aliphatic carbocycles. The number of thioether (sulfide) groups is 1. The third-order valence-corrected chi connectivity index (χ3v) is 3.66. The summed E-state index contributed by atoms with van der Waals surface area (Å²) >= 11 is 3.37. The lowest BCUT2D eigenvalue weighted by Gasteiger charge is -2.31. The van der Waals surface area contributed by atoms with E-state index in [2.05, 4.69) is 12.2 Å². The van der Waals surface area contributed by atoms with E-state index in [0.29, 0.717) is 0 Å². The Morgan fingerprint density at radius 2 is 1.28 bits per heavy atom. The monoisotopic (exact) mass is 317 g/mol. The van der Waals surface area contributed by atoms with Gasteiger partial charge in [-0.25, -0.2) is 4.39 Å². The topological polar surface area (TPSA) is 3.24 Å². The van der Waals surface area contributed by atoms with Gasteiger partial charge in [-0.3, -0.25) is 0 Å². The van der Waals surface area contributed by atoms with E-state index >= 15 is 0 Å². The van der Waals surface area contributed by atoms with Crippen LogP contribution in [-0.2, 0) is 0 Å². The molecule has 0 saturated heterocycles. The molecule has 0 aromatic carbocycles. The molecule has 0 unspecified atom stereocenters. The Balaban J connectivity index is 5.24. The molecule has 1 nitrogen and oxygen atoms in total. The first-order valence-electron chi connectivity index (χ1n) is 4.71. The van der Waals surface area contributed by atoms with Crippen molar-refractivity contribution in [3.05, 3.63) is 0 Å². The molecule has 0 aliphatic heterocycles. The minimum absolute atomic E-state index is 0.0914. The number of rotatable bonds is 3. The number of nitrogens with zero attached hydrogens (tertiary/aromatic N) is 1. The Bertz CT molecular complexity index is 281. The van der Waals surface area contributed by atoms with Gasteiger partial charge in [0.2, 0.25) is 0 Å². The lowest BCUT2D eigenvalue weighted by molar-refractivity contribution is -0.302. The van der Waals surface area contributed by atoms with Gasteiger partial charge in [0.1, 0.15) is 4.32 Å². The van der Waals surface area contributed by atoms with Crippen LogP contribution in [0, 0.1) is 0 Å². The predicted octanol–water partition coefficient (Wildman–Crippen LogP) is 4.14. The minimum atomic E-state index is -6.09. The fraction of sp³-hybridized carbons (Fsp3) is 0.875. The SMILES string of the molecule is CCN(CC)C(=S)SC(F)(C(F)(F)F)C(F)(F)F. The summed E-state index contributed by atoms with van der Waals surface area (Å²) in [5.41, 5.74) is 0. The molecule has 0 atom stereocenters. The summed E-state index contributed by atoms with van der Waals surface area (Å²) in [6.07, 6.45) is -12.2. The van der Waals surface area contributed by atoms with Crippen molar-refractivity contribution in [2.24, 2.45) is 0 Å². The van der Waals surface area contributed by atoms with Gasteiger partial charge in [0.25, 0.3) is 0 Å². The summed E-state index contributed by atoms with van der Waals surface area (Å²) in [5.74, 6) is 0.